The molecule has 0 N–H and O–H groups in total. The van der Waals surface area contributed by atoms with Crippen molar-refractivity contribution in [2.75, 3.05) is 26.3 Å². The van der Waals surface area contributed by atoms with Crippen molar-refractivity contribution in [1.29, 1.82) is 0 Å². The van der Waals surface area contributed by atoms with Crippen LogP contribution >= 0.6 is 12.4 Å². The molecule has 0 radical (unpaired) electrons. The van der Waals surface area contributed by atoms with Crippen LogP contribution in [0.25, 0.3) is 0 Å². The summed E-state index contributed by atoms with van der Waals surface area (Å²) in [6, 6.07) is 10.8. The van der Waals surface area contributed by atoms with Crippen LogP contribution in [0.2, 0.25) is 0 Å². The zero-order valence-corrected chi connectivity index (χ0v) is 12.5. The number of hydrogen-bond acceptors (Lipinski definition) is 3. The van der Waals surface area contributed by atoms with Crippen LogP contribution in [0.3, 0.4) is 0 Å². The van der Waals surface area contributed by atoms with E-state index in [9.17, 15) is 0 Å². The third kappa shape index (κ3) is 2.27. The summed E-state index contributed by atoms with van der Waals surface area (Å²) < 4.78 is 12.0. The van der Waals surface area contributed by atoms with E-state index < -0.39 is 0 Å². The molecule has 1 aromatic rings. The molecule has 1 saturated carbocycles. The first kappa shape index (κ1) is 14.3. The first-order valence-corrected chi connectivity index (χ1v) is 7.41. The van der Waals surface area contributed by atoms with Crippen molar-refractivity contribution in [3.8, 4) is 0 Å². The van der Waals surface area contributed by atoms with Crippen molar-refractivity contribution in [3.63, 3.8) is 0 Å². The Hall–Kier alpha value is -0.610. The highest BCUT2D eigenvalue weighted by Gasteiger charge is 2.57. The normalized spacial score (nSPS) is 31.4. The summed E-state index contributed by atoms with van der Waals surface area (Å²) in [5.74, 6) is 0.919. The van der Waals surface area contributed by atoms with Gasteiger partial charge in [-0.1, -0.05) is 30.3 Å². The van der Waals surface area contributed by atoms with Crippen LogP contribution in [0, 0.1) is 11.8 Å². The van der Waals surface area contributed by atoms with Crippen LogP contribution in [-0.4, -0.2) is 37.0 Å². The summed E-state index contributed by atoms with van der Waals surface area (Å²) in [6.45, 7) is 4.86. The van der Waals surface area contributed by atoms with Gasteiger partial charge in [0.25, 0.3) is 0 Å². The molecule has 2 saturated heterocycles. The van der Waals surface area contributed by atoms with Gasteiger partial charge in [0.1, 0.15) is 0 Å². The van der Waals surface area contributed by atoms with E-state index >= 15 is 0 Å². The minimum Gasteiger partial charge on any atom is -0.347 e. The highest BCUT2D eigenvalue weighted by atomic mass is 35.5. The molecule has 4 rings (SSSR count). The smallest absolute Gasteiger partial charge is 0.176 e. The highest BCUT2D eigenvalue weighted by Crippen LogP contribution is 2.50. The average molecular weight is 296 g/mol. The van der Waals surface area contributed by atoms with E-state index in [4.69, 9.17) is 9.47 Å². The Labute approximate surface area is 126 Å². The third-order valence-electron chi connectivity index (χ3n) is 4.95. The minimum absolute atomic E-state index is 0. The molecule has 2 heterocycles. The van der Waals surface area contributed by atoms with Crippen LogP contribution < -0.4 is 0 Å². The molecule has 3 aliphatic rings. The molecule has 4 heteroatoms. The molecule has 1 aromatic carbocycles. The molecule has 0 aromatic heterocycles. The van der Waals surface area contributed by atoms with Crippen molar-refractivity contribution in [2.45, 2.75) is 25.2 Å². The number of halogens is 1. The lowest BCUT2D eigenvalue weighted by molar-refractivity contribution is -0.231. The maximum absolute atomic E-state index is 6.02. The van der Waals surface area contributed by atoms with Crippen LogP contribution in [0.4, 0.5) is 0 Å². The lowest BCUT2D eigenvalue weighted by Crippen LogP contribution is -2.54. The number of benzene rings is 1. The summed E-state index contributed by atoms with van der Waals surface area (Å²) >= 11 is 0. The molecule has 110 valence electrons. The number of nitrogens with zero attached hydrogens (tertiary/aromatic N) is 1. The molecule has 3 nitrogen and oxygen atoms in total. The minimum atomic E-state index is -0.215. The van der Waals surface area contributed by atoms with Gasteiger partial charge in [-0.2, -0.15) is 0 Å². The molecule has 2 atom stereocenters. The van der Waals surface area contributed by atoms with Gasteiger partial charge in [-0.15, -0.1) is 12.4 Å². The zero-order chi connectivity index (χ0) is 12.7. The number of likely N-dealkylation sites (tertiary alicyclic amines) is 1. The predicted octanol–water partition coefficient (Wildman–Crippen LogP) is 2.69. The summed E-state index contributed by atoms with van der Waals surface area (Å²) in [6.07, 6.45) is 2.52. The van der Waals surface area contributed by atoms with Gasteiger partial charge < -0.3 is 9.47 Å². The fraction of sp³-hybridized carbons (Fsp3) is 0.625. The zero-order valence-electron chi connectivity index (χ0n) is 11.7. The second-order valence-electron chi connectivity index (χ2n) is 6.07. The monoisotopic (exact) mass is 295 g/mol. The standard InChI is InChI=1S/C16H21NO2.ClH/c1-2-4-13(5-3-1)10-17-11-14-6-7-15(12-17)16(14)18-8-9-19-16;/h1-5,14-15H,6-12H2;1H/t14-,15+;. The third-order valence-corrected chi connectivity index (χ3v) is 4.95. The molecule has 1 spiro atoms. The van der Waals surface area contributed by atoms with Gasteiger partial charge >= 0.3 is 0 Å². The van der Waals surface area contributed by atoms with Crippen LogP contribution in [-0.2, 0) is 16.0 Å². The first-order valence-electron chi connectivity index (χ1n) is 7.41. The molecule has 3 fully saturated rings. The first-order chi connectivity index (χ1) is 9.37. The molecule has 2 bridgehead atoms. The highest BCUT2D eigenvalue weighted by molar-refractivity contribution is 5.85. The van der Waals surface area contributed by atoms with Gasteiger partial charge in [-0.05, 0) is 18.4 Å². The molecule has 2 aliphatic heterocycles. The summed E-state index contributed by atoms with van der Waals surface area (Å²) in [5, 5.41) is 0. The van der Waals surface area contributed by atoms with E-state index in [1.54, 1.807) is 0 Å². The van der Waals surface area contributed by atoms with Crippen LogP contribution in [0.1, 0.15) is 18.4 Å². The van der Waals surface area contributed by atoms with Crippen molar-refractivity contribution in [1.82, 2.24) is 4.90 Å². The van der Waals surface area contributed by atoms with Gasteiger partial charge in [0, 0.05) is 31.5 Å². The number of rotatable bonds is 2. The Morgan fingerprint density at radius 3 is 2.20 bits per heavy atom. The summed E-state index contributed by atoms with van der Waals surface area (Å²) in [7, 11) is 0. The molecular weight excluding hydrogens is 274 g/mol. The number of ether oxygens (including phenoxy) is 2. The second kappa shape index (κ2) is 5.64. The van der Waals surface area contributed by atoms with Crippen molar-refractivity contribution in [2.24, 2.45) is 11.8 Å². The SMILES string of the molecule is Cl.c1ccc(CN2C[C@H]3CC[C@@H](C2)C32OCCO2)cc1. The van der Waals surface area contributed by atoms with Crippen molar-refractivity contribution >= 4 is 12.4 Å². The van der Waals surface area contributed by atoms with Gasteiger partial charge in [0.05, 0.1) is 13.2 Å². The van der Waals surface area contributed by atoms with Gasteiger partial charge in [0.2, 0.25) is 0 Å². The topological polar surface area (TPSA) is 21.7 Å². The molecule has 0 amide bonds. The Kier molecular flexibility index (Phi) is 4.04. The van der Waals surface area contributed by atoms with Gasteiger partial charge in [-0.25, -0.2) is 0 Å². The van der Waals surface area contributed by atoms with Crippen molar-refractivity contribution in [3.05, 3.63) is 35.9 Å². The lowest BCUT2D eigenvalue weighted by atomic mass is 9.90. The second-order valence-corrected chi connectivity index (χ2v) is 6.07. The van der Waals surface area contributed by atoms with E-state index in [1.807, 2.05) is 0 Å². The predicted molar refractivity (Wildman–Crippen MR) is 79.8 cm³/mol. The summed E-state index contributed by atoms with van der Waals surface area (Å²) in [4.78, 5) is 2.58. The largest absolute Gasteiger partial charge is 0.347 e. The fourth-order valence-corrected chi connectivity index (χ4v) is 4.16. The van der Waals surface area contributed by atoms with Crippen LogP contribution in [0.15, 0.2) is 30.3 Å². The fourth-order valence-electron chi connectivity index (χ4n) is 4.16. The maximum atomic E-state index is 6.02. The summed E-state index contributed by atoms with van der Waals surface area (Å²) in [5.41, 5.74) is 1.41. The van der Waals surface area contributed by atoms with Crippen molar-refractivity contribution < 1.29 is 9.47 Å². The molecule has 20 heavy (non-hydrogen) atoms. The van der Waals surface area contributed by atoms with E-state index in [2.05, 4.69) is 35.2 Å². The number of piperidine rings is 1. The Balaban J connectivity index is 0.00000121. The lowest BCUT2D eigenvalue weighted by Gasteiger charge is -2.43. The molecular formula is C16H22ClNO2. The van der Waals surface area contributed by atoms with Gasteiger partial charge in [-0.3, -0.25) is 4.90 Å². The number of hydrogen-bond donors (Lipinski definition) is 0. The Bertz CT molecular complexity index is 431. The average Bonchev–Trinajstić information content (AvgIpc) is 2.97. The van der Waals surface area contributed by atoms with E-state index in [0.717, 1.165) is 32.8 Å². The Morgan fingerprint density at radius 1 is 1.00 bits per heavy atom. The quantitative estimate of drug-likeness (QED) is 0.837. The van der Waals surface area contributed by atoms with Crippen LogP contribution in [0.5, 0.6) is 0 Å². The van der Waals surface area contributed by atoms with Gasteiger partial charge in [0.15, 0.2) is 5.79 Å². The van der Waals surface area contributed by atoms with E-state index in [0.29, 0.717) is 11.8 Å². The molecule has 1 aliphatic carbocycles. The molecule has 0 unspecified atom stereocenters. The van der Waals surface area contributed by atoms with E-state index in [1.165, 1.54) is 18.4 Å². The maximum Gasteiger partial charge on any atom is 0.176 e. The van der Waals surface area contributed by atoms with E-state index in [-0.39, 0.29) is 18.2 Å². The Morgan fingerprint density at radius 2 is 1.60 bits per heavy atom.